The summed E-state index contributed by atoms with van der Waals surface area (Å²) in [6.07, 6.45) is -0.0776. The molecule has 2 aromatic carbocycles. The summed E-state index contributed by atoms with van der Waals surface area (Å²) in [6.45, 7) is 1.40. The Hall–Kier alpha value is -3.55. The third-order valence-corrected chi connectivity index (χ3v) is 4.06. The van der Waals surface area contributed by atoms with E-state index >= 15 is 0 Å². The van der Waals surface area contributed by atoms with E-state index in [-0.39, 0.29) is 17.9 Å². The Morgan fingerprint density at radius 2 is 1.92 bits per heavy atom. The molecular formula is C18H15N3O5. The molecule has 1 fully saturated rings. The maximum absolute atomic E-state index is 12.6. The van der Waals surface area contributed by atoms with Crippen molar-refractivity contribution in [2.75, 3.05) is 10.2 Å². The van der Waals surface area contributed by atoms with Gasteiger partial charge in [0.25, 0.3) is 11.6 Å². The summed E-state index contributed by atoms with van der Waals surface area (Å²) in [5, 5.41) is 13.7. The molecule has 8 heteroatoms. The number of nitro benzene ring substituents is 1. The lowest BCUT2D eigenvalue weighted by Crippen LogP contribution is -2.34. The molecule has 1 heterocycles. The van der Waals surface area contributed by atoms with Gasteiger partial charge in [-0.2, -0.15) is 0 Å². The molecule has 0 spiro atoms. The Balaban J connectivity index is 1.83. The molecule has 8 nitrogen and oxygen atoms in total. The number of nitrogens with one attached hydrogen (secondary N) is 1. The van der Waals surface area contributed by atoms with Gasteiger partial charge in [0, 0.05) is 23.4 Å². The largest absolute Gasteiger partial charge is 0.373 e. The highest BCUT2D eigenvalue weighted by Gasteiger charge is 2.39. The van der Waals surface area contributed by atoms with E-state index in [2.05, 4.69) is 5.32 Å². The summed E-state index contributed by atoms with van der Waals surface area (Å²) >= 11 is 0. The first-order chi connectivity index (χ1) is 12.4. The van der Waals surface area contributed by atoms with Crippen molar-refractivity contribution in [1.29, 1.82) is 0 Å². The van der Waals surface area contributed by atoms with Crippen LogP contribution in [-0.2, 0) is 9.59 Å². The minimum atomic E-state index is -0.828. The zero-order chi connectivity index (χ0) is 18.8. The van der Waals surface area contributed by atoms with E-state index in [1.54, 1.807) is 24.3 Å². The van der Waals surface area contributed by atoms with E-state index in [0.717, 1.165) is 4.90 Å². The molecule has 1 saturated heterocycles. The van der Waals surface area contributed by atoms with E-state index in [1.165, 1.54) is 31.2 Å². The topological polar surface area (TPSA) is 110 Å². The molecule has 0 radical (unpaired) electrons. The predicted octanol–water partition coefficient (Wildman–Crippen LogP) is 2.54. The summed E-state index contributed by atoms with van der Waals surface area (Å²) in [6, 6.07) is 11.2. The Bertz CT molecular complexity index is 925. The lowest BCUT2D eigenvalue weighted by molar-refractivity contribution is -0.384. The van der Waals surface area contributed by atoms with Gasteiger partial charge in [-0.3, -0.25) is 24.5 Å². The average Bonchev–Trinajstić information content (AvgIpc) is 2.88. The fraction of sp³-hybridized carbons (Fsp3) is 0.167. The number of carbonyl (C=O) groups is 3. The van der Waals surface area contributed by atoms with Crippen LogP contribution in [0.5, 0.6) is 0 Å². The van der Waals surface area contributed by atoms with Crippen molar-refractivity contribution in [3.8, 4) is 0 Å². The predicted molar refractivity (Wildman–Crippen MR) is 94.1 cm³/mol. The van der Waals surface area contributed by atoms with Gasteiger partial charge in [0.2, 0.25) is 5.91 Å². The molecule has 1 aliphatic rings. The van der Waals surface area contributed by atoms with Gasteiger partial charge in [0.1, 0.15) is 6.04 Å². The molecule has 0 aliphatic carbocycles. The van der Waals surface area contributed by atoms with Gasteiger partial charge in [-0.1, -0.05) is 18.2 Å². The van der Waals surface area contributed by atoms with Crippen LogP contribution in [0.25, 0.3) is 0 Å². The van der Waals surface area contributed by atoms with Crippen LogP contribution in [0.4, 0.5) is 17.1 Å². The quantitative estimate of drug-likeness (QED) is 0.383. The van der Waals surface area contributed by atoms with Crippen molar-refractivity contribution < 1.29 is 19.3 Å². The normalized spacial score (nSPS) is 16.7. The minimum Gasteiger partial charge on any atom is -0.373 e. The maximum atomic E-state index is 12.6. The van der Waals surface area contributed by atoms with Crippen LogP contribution in [-0.4, -0.2) is 28.6 Å². The molecular weight excluding hydrogens is 338 g/mol. The standard InChI is InChI=1S/C18H15N3O5/c1-11(22)12-4-2-6-14(8-12)20-17(23)10-16(18(20)24)19-13-5-3-7-15(9-13)21(25)26/h2-9,16,19H,10H2,1H3/t16-/m0/s1. The van der Waals surface area contributed by atoms with Crippen LogP contribution < -0.4 is 10.2 Å². The molecule has 2 amide bonds. The molecule has 1 aliphatic heterocycles. The van der Waals surface area contributed by atoms with Gasteiger partial charge in [0.15, 0.2) is 5.78 Å². The van der Waals surface area contributed by atoms with E-state index in [0.29, 0.717) is 16.9 Å². The molecule has 0 unspecified atom stereocenters. The maximum Gasteiger partial charge on any atom is 0.271 e. The highest BCUT2D eigenvalue weighted by molar-refractivity contribution is 6.23. The number of imide groups is 1. The zero-order valence-electron chi connectivity index (χ0n) is 13.8. The monoisotopic (exact) mass is 353 g/mol. The second-order valence-corrected chi connectivity index (χ2v) is 5.88. The number of ketones is 1. The van der Waals surface area contributed by atoms with Gasteiger partial charge in [-0.15, -0.1) is 0 Å². The highest BCUT2D eigenvalue weighted by atomic mass is 16.6. The second kappa shape index (κ2) is 6.75. The van der Waals surface area contributed by atoms with Gasteiger partial charge < -0.3 is 5.32 Å². The molecule has 1 N–H and O–H groups in total. The number of anilines is 2. The lowest BCUT2D eigenvalue weighted by Gasteiger charge is -2.16. The SMILES string of the molecule is CC(=O)c1cccc(N2C(=O)C[C@H](Nc3cccc([N+](=O)[O-])c3)C2=O)c1. The molecule has 0 bridgehead atoms. The van der Waals surface area contributed by atoms with Gasteiger partial charge in [-0.05, 0) is 25.1 Å². The highest BCUT2D eigenvalue weighted by Crippen LogP contribution is 2.27. The van der Waals surface area contributed by atoms with Crippen molar-refractivity contribution in [3.05, 3.63) is 64.2 Å². The van der Waals surface area contributed by atoms with Crippen LogP contribution >= 0.6 is 0 Å². The Labute approximate surface area is 148 Å². The van der Waals surface area contributed by atoms with Crippen LogP contribution in [0.2, 0.25) is 0 Å². The first-order valence-electron chi connectivity index (χ1n) is 7.85. The van der Waals surface area contributed by atoms with E-state index in [9.17, 15) is 24.5 Å². The second-order valence-electron chi connectivity index (χ2n) is 5.88. The van der Waals surface area contributed by atoms with Crippen LogP contribution in [0.3, 0.4) is 0 Å². The van der Waals surface area contributed by atoms with Crippen LogP contribution in [0.1, 0.15) is 23.7 Å². The number of nitrogens with zero attached hydrogens (tertiary/aromatic N) is 2. The number of amides is 2. The van der Waals surface area contributed by atoms with E-state index in [4.69, 9.17) is 0 Å². The van der Waals surface area contributed by atoms with Gasteiger partial charge in [0.05, 0.1) is 17.0 Å². The van der Waals surface area contributed by atoms with E-state index < -0.39 is 22.8 Å². The number of benzene rings is 2. The number of hydrogen-bond donors (Lipinski definition) is 1. The minimum absolute atomic E-state index is 0.0776. The third-order valence-electron chi connectivity index (χ3n) is 4.06. The molecule has 1 atom stereocenters. The Morgan fingerprint density at radius 3 is 2.62 bits per heavy atom. The molecule has 2 aromatic rings. The van der Waals surface area contributed by atoms with Crippen LogP contribution in [0.15, 0.2) is 48.5 Å². The van der Waals surface area contributed by atoms with Gasteiger partial charge >= 0.3 is 0 Å². The van der Waals surface area contributed by atoms with Crippen molar-refractivity contribution in [1.82, 2.24) is 0 Å². The fourth-order valence-corrected chi connectivity index (χ4v) is 2.79. The molecule has 0 aromatic heterocycles. The Morgan fingerprint density at radius 1 is 1.19 bits per heavy atom. The van der Waals surface area contributed by atoms with E-state index in [1.807, 2.05) is 0 Å². The average molecular weight is 353 g/mol. The van der Waals surface area contributed by atoms with Gasteiger partial charge in [-0.25, -0.2) is 4.90 Å². The number of non-ortho nitro benzene ring substituents is 1. The summed E-state index contributed by atoms with van der Waals surface area (Å²) in [4.78, 5) is 47.8. The molecule has 132 valence electrons. The van der Waals surface area contributed by atoms with Crippen molar-refractivity contribution in [3.63, 3.8) is 0 Å². The molecule has 3 rings (SSSR count). The zero-order valence-corrected chi connectivity index (χ0v) is 13.8. The number of Topliss-reactive ketones (excluding diaryl/α,β-unsaturated/α-hetero) is 1. The van der Waals surface area contributed by atoms with Crippen molar-refractivity contribution in [2.24, 2.45) is 0 Å². The van der Waals surface area contributed by atoms with Crippen molar-refractivity contribution in [2.45, 2.75) is 19.4 Å². The summed E-state index contributed by atoms with van der Waals surface area (Å²) in [5.74, 6) is -1.04. The number of hydrogen-bond acceptors (Lipinski definition) is 6. The summed E-state index contributed by atoms with van der Waals surface area (Å²) < 4.78 is 0. The van der Waals surface area contributed by atoms with Crippen LogP contribution in [0, 0.1) is 10.1 Å². The summed E-state index contributed by atoms with van der Waals surface area (Å²) in [7, 11) is 0. The fourth-order valence-electron chi connectivity index (χ4n) is 2.79. The third kappa shape index (κ3) is 3.30. The summed E-state index contributed by atoms with van der Waals surface area (Å²) in [5.41, 5.74) is 0.997. The first kappa shape index (κ1) is 17.3. The first-order valence-corrected chi connectivity index (χ1v) is 7.85. The number of nitro groups is 1. The number of rotatable bonds is 5. The number of carbonyl (C=O) groups excluding carboxylic acids is 3. The lowest BCUT2D eigenvalue weighted by atomic mass is 10.1. The Kier molecular flexibility index (Phi) is 4.49. The molecule has 0 saturated carbocycles. The van der Waals surface area contributed by atoms with Crippen molar-refractivity contribution >= 4 is 34.7 Å². The smallest absolute Gasteiger partial charge is 0.271 e. The molecule has 26 heavy (non-hydrogen) atoms.